The van der Waals surface area contributed by atoms with Gasteiger partial charge in [0, 0.05) is 25.7 Å². The number of nitrogens with one attached hydrogen (secondary N) is 1. The van der Waals surface area contributed by atoms with Crippen molar-refractivity contribution in [2.75, 3.05) is 19.6 Å². The summed E-state index contributed by atoms with van der Waals surface area (Å²) < 4.78 is 5.46. The van der Waals surface area contributed by atoms with Gasteiger partial charge in [0.25, 0.3) is 0 Å². The van der Waals surface area contributed by atoms with Crippen LogP contribution < -0.4 is 5.32 Å². The van der Waals surface area contributed by atoms with E-state index >= 15 is 0 Å². The second kappa shape index (κ2) is 7.11. The molecule has 1 heterocycles. The fraction of sp³-hybridized carbons (Fsp3) is 0.812. The van der Waals surface area contributed by atoms with Crippen molar-refractivity contribution in [1.82, 2.24) is 10.2 Å². The lowest BCUT2D eigenvalue weighted by Crippen LogP contribution is -2.48. The molecule has 0 radical (unpaired) electrons. The molecular weight excluding hydrogens is 252 g/mol. The molecule has 1 amide bonds. The number of hydrogen-bond donors (Lipinski definition) is 1. The van der Waals surface area contributed by atoms with E-state index < -0.39 is 5.60 Å². The predicted molar refractivity (Wildman–Crippen MR) is 82.8 cm³/mol. The molecule has 20 heavy (non-hydrogen) atoms. The lowest BCUT2D eigenvalue weighted by atomic mass is 9.91. The highest BCUT2D eigenvalue weighted by Gasteiger charge is 2.29. The normalized spacial score (nSPS) is 21.4. The lowest BCUT2D eigenvalue weighted by Gasteiger charge is -2.36. The summed E-state index contributed by atoms with van der Waals surface area (Å²) in [7, 11) is 0. The van der Waals surface area contributed by atoms with Crippen LogP contribution in [0.4, 0.5) is 4.79 Å². The van der Waals surface area contributed by atoms with E-state index in [-0.39, 0.29) is 6.09 Å². The topological polar surface area (TPSA) is 41.6 Å². The zero-order chi connectivity index (χ0) is 15.3. The maximum absolute atomic E-state index is 12.1. The average molecular weight is 282 g/mol. The van der Waals surface area contributed by atoms with Gasteiger partial charge in [0.2, 0.25) is 0 Å². The van der Waals surface area contributed by atoms with Crippen LogP contribution >= 0.6 is 0 Å². The van der Waals surface area contributed by atoms with Gasteiger partial charge in [-0.25, -0.2) is 4.79 Å². The van der Waals surface area contributed by atoms with Crippen LogP contribution in [0, 0.1) is 5.92 Å². The third-order valence-corrected chi connectivity index (χ3v) is 3.54. The van der Waals surface area contributed by atoms with Crippen molar-refractivity contribution < 1.29 is 9.53 Å². The van der Waals surface area contributed by atoms with Gasteiger partial charge in [0.05, 0.1) is 0 Å². The summed E-state index contributed by atoms with van der Waals surface area (Å²) in [5.41, 5.74) is 0.713. The Labute approximate surface area is 123 Å². The minimum atomic E-state index is -0.423. The van der Waals surface area contributed by atoms with Crippen LogP contribution in [0.1, 0.15) is 47.5 Å². The van der Waals surface area contributed by atoms with Crippen LogP contribution in [-0.2, 0) is 4.74 Å². The predicted octanol–water partition coefficient (Wildman–Crippen LogP) is 3.19. The van der Waals surface area contributed by atoms with E-state index in [4.69, 9.17) is 4.74 Å². The van der Waals surface area contributed by atoms with Gasteiger partial charge in [-0.05, 0) is 53.4 Å². The summed E-state index contributed by atoms with van der Waals surface area (Å²) in [6.07, 6.45) is 2.02. The summed E-state index contributed by atoms with van der Waals surface area (Å²) in [5, 5.41) is 3.48. The van der Waals surface area contributed by atoms with Gasteiger partial charge in [-0.2, -0.15) is 0 Å². The molecule has 0 aromatic rings. The number of hydrogen-bond acceptors (Lipinski definition) is 3. The van der Waals surface area contributed by atoms with Crippen LogP contribution in [0.3, 0.4) is 0 Å². The maximum Gasteiger partial charge on any atom is 0.410 e. The Hall–Kier alpha value is -1.03. The average Bonchev–Trinajstić information content (AvgIpc) is 2.34. The van der Waals surface area contributed by atoms with Crippen LogP contribution in [0.5, 0.6) is 0 Å². The second-order valence-corrected chi connectivity index (χ2v) is 6.96. The molecule has 0 aromatic carbocycles. The Morgan fingerprint density at radius 1 is 1.50 bits per heavy atom. The van der Waals surface area contributed by atoms with Gasteiger partial charge in [-0.1, -0.05) is 12.2 Å². The van der Waals surface area contributed by atoms with Gasteiger partial charge in [-0.15, -0.1) is 0 Å². The summed E-state index contributed by atoms with van der Waals surface area (Å²) in [4.78, 5) is 14.0. The van der Waals surface area contributed by atoms with Crippen molar-refractivity contribution in [2.24, 2.45) is 5.92 Å². The van der Waals surface area contributed by atoms with E-state index in [1.54, 1.807) is 0 Å². The van der Waals surface area contributed by atoms with E-state index in [1.807, 2.05) is 32.6 Å². The molecule has 0 aromatic heterocycles. The molecule has 0 saturated carbocycles. The summed E-state index contributed by atoms with van der Waals surface area (Å²) in [6, 6.07) is 0.386. The molecule has 1 N–H and O–H groups in total. The largest absolute Gasteiger partial charge is 0.444 e. The molecule has 4 nitrogen and oxygen atoms in total. The van der Waals surface area contributed by atoms with E-state index in [0.29, 0.717) is 12.0 Å². The molecule has 2 atom stereocenters. The van der Waals surface area contributed by atoms with Crippen LogP contribution in [0.25, 0.3) is 0 Å². The fourth-order valence-electron chi connectivity index (χ4n) is 2.41. The number of piperidine rings is 1. The van der Waals surface area contributed by atoms with Crippen molar-refractivity contribution in [3.8, 4) is 0 Å². The first-order chi connectivity index (χ1) is 9.19. The minimum Gasteiger partial charge on any atom is -0.444 e. The first kappa shape index (κ1) is 17.0. The van der Waals surface area contributed by atoms with Gasteiger partial charge < -0.3 is 15.0 Å². The van der Waals surface area contributed by atoms with Gasteiger partial charge >= 0.3 is 6.09 Å². The second-order valence-electron chi connectivity index (χ2n) is 6.96. The SMILES string of the molecule is C=C(C)CNC(C)C1CCCN(C(=O)OC(C)(C)C)C1. The molecule has 0 bridgehead atoms. The van der Waals surface area contributed by atoms with Crippen LogP contribution in [-0.4, -0.2) is 42.3 Å². The van der Waals surface area contributed by atoms with Crippen molar-refractivity contribution in [3.05, 3.63) is 12.2 Å². The highest BCUT2D eigenvalue weighted by molar-refractivity contribution is 5.68. The van der Waals surface area contributed by atoms with Crippen LogP contribution in [0.15, 0.2) is 12.2 Å². The van der Waals surface area contributed by atoms with Crippen molar-refractivity contribution in [3.63, 3.8) is 0 Å². The molecule has 1 aliphatic rings. The van der Waals surface area contributed by atoms with Gasteiger partial charge in [0.1, 0.15) is 5.60 Å². The number of carbonyl (C=O) groups excluding carboxylic acids is 1. The third kappa shape index (κ3) is 5.95. The monoisotopic (exact) mass is 282 g/mol. The first-order valence-corrected chi connectivity index (χ1v) is 7.54. The summed E-state index contributed by atoms with van der Waals surface area (Å²) in [5.74, 6) is 0.482. The highest BCUT2D eigenvalue weighted by Crippen LogP contribution is 2.21. The Balaban J connectivity index is 2.49. The summed E-state index contributed by atoms with van der Waals surface area (Å²) >= 11 is 0. The summed E-state index contributed by atoms with van der Waals surface area (Å²) in [6.45, 7) is 16.3. The number of likely N-dealkylation sites (tertiary alicyclic amines) is 1. The Bertz CT molecular complexity index is 347. The number of carbonyl (C=O) groups is 1. The fourth-order valence-corrected chi connectivity index (χ4v) is 2.41. The van der Waals surface area contributed by atoms with E-state index in [1.165, 1.54) is 0 Å². The van der Waals surface area contributed by atoms with E-state index in [0.717, 1.165) is 38.0 Å². The standard InChI is InChI=1S/C16H30N2O2/c1-12(2)10-17-13(3)14-8-7-9-18(11-14)15(19)20-16(4,5)6/h13-14,17H,1,7-11H2,2-6H3. The zero-order valence-electron chi connectivity index (χ0n) is 13.7. The first-order valence-electron chi connectivity index (χ1n) is 7.54. The van der Waals surface area contributed by atoms with E-state index in [9.17, 15) is 4.79 Å². The molecule has 116 valence electrons. The lowest BCUT2D eigenvalue weighted by molar-refractivity contribution is 0.0149. The number of rotatable bonds is 4. The number of amides is 1. The molecular formula is C16H30N2O2. The zero-order valence-corrected chi connectivity index (χ0v) is 13.7. The van der Waals surface area contributed by atoms with Gasteiger partial charge in [-0.3, -0.25) is 0 Å². The number of ether oxygens (including phenoxy) is 1. The third-order valence-electron chi connectivity index (χ3n) is 3.54. The molecule has 1 fully saturated rings. The molecule has 2 unspecified atom stereocenters. The molecule has 1 rings (SSSR count). The molecule has 1 saturated heterocycles. The molecule has 1 aliphatic heterocycles. The minimum absolute atomic E-state index is 0.186. The quantitative estimate of drug-likeness (QED) is 0.805. The highest BCUT2D eigenvalue weighted by atomic mass is 16.6. The number of nitrogens with zero attached hydrogens (tertiary/aromatic N) is 1. The van der Waals surface area contributed by atoms with Crippen molar-refractivity contribution in [1.29, 1.82) is 0 Å². The molecule has 0 spiro atoms. The van der Waals surface area contributed by atoms with Gasteiger partial charge in [0.15, 0.2) is 0 Å². The van der Waals surface area contributed by atoms with Crippen molar-refractivity contribution in [2.45, 2.75) is 59.1 Å². The maximum atomic E-state index is 12.1. The Kier molecular flexibility index (Phi) is 6.06. The molecule has 0 aliphatic carbocycles. The van der Waals surface area contributed by atoms with Crippen LogP contribution in [0.2, 0.25) is 0 Å². The Morgan fingerprint density at radius 3 is 2.70 bits per heavy atom. The molecule has 4 heteroatoms. The van der Waals surface area contributed by atoms with Crippen molar-refractivity contribution >= 4 is 6.09 Å². The smallest absolute Gasteiger partial charge is 0.410 e. The Morgan fingerprint density at radius 2 is 2.15 bits per heavy atom. The van der Waals surface area contributed by atoms with E-state index in [2.05, 4.69) is 18.8 Å².